The molecule has 0 spiro atoms. The molecule has 1 aromatic rings. The third-order valence-electron chi connectivity index (χ3n) is 3.45. The van der Waals surface area contributed by atoms with Gasteiger partial charge < -0.3 is 15.0 Å². The Morgan fingerprint density at radius 1 is 1.50 bits per heavy atom. The predicted octanol–water partition coefficient (Wildman–Crippen LogP) is 4.13. The second-order valence-electron chi connectivity index (χ2n) is 6.74. The Kier molecular flexibility index (Phi) is 5.80. The van der Waals surface area contributed by atoms with E-state index in [4.69, 9.17) is 4.74 Å². The predicted molar refractivity (Wildman–Crippen MR) is 93.9 cm³/mol. The van der Waals surface area contributed by atoms with Gasteiger partial charge in [0.05, 0.1) is 4.21 Å². The van der Waals surface area contributed by atoms with E-state index in [9.17, 15) is 4.79 Å². The van der Waals surface area contributed by atoms with Gasteiger partial charge in [0.1, 0.15) is 5.60 Å². The standard InChI is InChI=1S/C16H26N2O2S2/c1-11-10-13(12-6-9-21-14(12)22-11)17-7-8-18(5)15(19)20-16(2,3)4/h6,9,11,13,17H,7-8,10H2,1-5H3/t11-,13?/m0/s1. The van der Waals surface area contributed by atoms with Gasteiger partial charge in [0.15, 0.2) is 0 Å². The molecule has 0 bridgehead atoms. The molecule has 124 valence electrons. The van der Waals surface area contributed by atoms with Gasteiger partial charge in [-0.2, -0.15) is 0 Å². The summed E-state index contributed by atoms with van der Waals surface area (Å²) in [5, 5.41) is 6.38. The van der Waals surface area contributed by atoms with Crippen LogP contribution < -0.4 is 5.32 Å². The maximum Gasteiger partial charge on any atom is 0.410 e. The van der Waals surface area contributed by atoms with E-state index in [1.54, 1.807) is 11.9 Å². The second kappa shape index (κ2) is 7.23. The number of carbonyl (C=O) groups is 1. The summed E-state index contributed by atoms with van der Waals surface area (Å²) in [6.07, 6.45) is 0.864. The molecule has 1 amide bonds. The van der Waals surface area contributed by atoms with Crippen molar-refractivity contribution in [1.29, 1.82) is 0 Å². The first kappa shape index (κ1) is 17.6. The number of nitrogens with one attached hydrogen (secondary N) is 1. The molecule has 1 unspecified atom stereocenters. The van der Waals surface area contributed by atoms with Crippen LogP contribution in [0.15, 0.2) is 15.7 Å². The van der Waals surface area contributed by atoms with Crippen LogP contribution in [0.3, 0.4) is 0 Å². The average Bonchev–Trinajstić information content (AvgIpc) is 2.84. The van der Waals surface area contributed by atoms with Crippen LogP contribution in [0, 0.1) is 0 Å². The molecule has 6 heteroatoms. The number of ether oxygens (including phenoxy) is 1. The zero-order chi connectivity index (χ0) is 16.3. The Morgan fingerprint density at radius 3 is 2.91 bits per heavy atom. The summed E-state index contributed by atoms with van der Waals surface area (Å²) in [5.74, 6) is 0. The molecule has 2 heterocycles. The average molecular weight is 343 g/mol. The van der Waals surface area contributed by atoms with Crippen molar-refractivity contribution in [3.05, 3.63) is 17.0 Å². The lowest BCUT2D eigenvalue weighted by atomic mass is 10.1. The van der Waals surface area contributed by atoms with E-state index in [2.05, 4.69) is 23.7 Å². The smallest absolute Gasteiger partial charge is 0.410 e. The summed E-state index contributed by atoms with van der Waals surface area (Å²) < 4.78 is 6.79. The van der Waals surface area contributed by atoms with Crippen LogP contribution in [0.1, 0.15) is 45.7 Å². The van der Waals surface area contributed by atoms with E-state index in [1.165, 1.54) is 9.77 Å². The first-order valence-electron chi connectivity index (χ1n) is 7.68. The van der Waals surface area contributed by atoms with Gasteiger partial charge in [-0.3, -0.25) is 0 Å². The Morgan fingerprint density at radius 2 is 2.23 bits per heavy atom. The van der Waals surface area contributed by atoms with Gasteiger partial charge >= 0.3 is 6.09 Å². The molecule has 4 nitrogen and oxygen atoms in total. The summed E-state index contributed by atoms with van der Waals surface area (Å²) in [7, 11) is 1.78. The summed E-state index contributed by atoms with van der Waals surface area (Å²) >= 11 is 3.79. The Bertz CT molecular complexity index is 510. The fourth-order valence-electron chi connectivity index (χ4n) is 2.38. The van der Waals surface area contributed by atoms with Crippen LogP contribution in [0.4, 0.5) is 4.79 Å². The van der Waals surface area contributed by atoms with Crippen molar-refractivity contribution in [3.63, 3.8) is 0 Å². The monoisotopic (exact) mass is 342 g/mol. The van der Waals surface area contributed by atoms with Gasteiger partial charge in [-0.05, 0) is 44.2 Å². The van der Waals surface area contributed by atoms with Crippen LogP contribution in [0.25, 0.3) is 0 Å². The Hall–Kier alpha value is -0.720. The normalized spacial score (nSPS) is 21.3. The molecule has 0 radical (unpaired) electrons. The molecule has 22 heavy (non-hydrogen) atoms. The topological polar surface area (TPSA) is 41.6 Å². The number of nitrogens with zero attached hydrogens (tertiary/aromatic N) is 1. The zero-order valence-corrected chi connectivity index (χ0v) is 15.6. The highest BCUT2D eigenvalue weighted by Gasteiger charge is 2.26. The van der Waals surface area contributed by atoms with E-state index < -0.39 is 5.60 Å². The summed E-state index contributed by atoms with van der Waals surface area (Å²) in [6, 6.07) is 2.61. The molecular weight excluding hydrogens is 316 g/mol. The lowest BCUT2D eigenvalue weighted by molar-refractivity contribution is 0.0299. The minimum Gasteiger partial charge on any atom is -0.444 e. The molecule has 0 fully saturated rings. The van der Waals surface area contributed by atoms with Gasteiger partial charge in [0.2, 0.25) is 0 Å². The van der Waals surface area contributed by atoms with Gasteiger partial charge in [-0.15, -0.1) is 23.1 Å². The van der Waals surface area contributed by atoms with Crippen molar-refractivity contribution in [2.75, 3.05) is 20.1 Å². The number of rotatable bonds is 4. The number of amides is 1. The van der Waals surface area contributed by atoms with Crippen LogP contribution in [0.5, 0.6) is 0 Å². The third kappa shape index (κ3) is 4.89. The van der Waals surface area contributed by atoms with Crippen LogP contribution in [0.2, 0.25) is 0 Å². The number of likely N-dealkylation sites (N-methyl/N-ethyl adjacent to an activating group) is 1. The van der Waals surface area contributed by atoms with E-state index in [0.29, 0.717) is 17.8 Å². The third-order valence-corrected chi connectivity index (χ3v) is 5.80. The van der Waals surface area contributed by atoms with E-state index in [-0.39, 0.29) is 6.09 Å². The van der Waals surface area contributed by atoms with Gasteiger partial charge in [-0.1, -0.05) is 6.92 Å². The summed E-state index contributed by atoms with van der Waals surface area (Å²) in [4.78, 5) is 13.6. The van der Waals surface area contributed by atoms with Crippen molar-refractivity contribution in [3.8, 4) is 0 Å². The second-order valence-corrected chi connectivity index (χ2v) is 9.36. The van der Waals surface area contributed by atoms with E-state index in [1.807, 2.05) is 43.9 Å². The molecule has 2 atom stereocenters. The molecule has 1 aromatic heterocycles. The molecule has 0 saturated heterocycles. The van der Waals surface area contributed by atoms with Crippen molar-refractivity contribution in [2.45, 2.75) is 55.2 Å². The minimum absolute atomic E-state index is 0.266. The number of hydrogen-bond acceptors (Lipinski definition) is 5. The maximum atomic E-state index is 11.9. The molecule has 1 aliphatic heterocycles. The Balaban J connectivity index is 1.81. The van der Waals surface area contributed by atoms with Crippen molar-refractivity contribution < 1.29 is 9.53 Å². The number of thioether (sulfide) groups is 1. The zero-order valence-electron chi connectivity index (χ0n) is 14.0. The SMILES string of the molecule is C[C@H]1CC(NCCN(C)C(=O)OC(C)(C)C)c2ccsc2S1. The summed E-state index contributed by atoms with van der Waals surface area (Å²) in [5.41, 5.74) is 0.966. The fourth-order valence-corrected chi connectivity index (χ4v) is 4.95. The number of thiophene rings is 1. The highest BCUT2D eigenvalue weighted by atomic mass is 32.2. The lowest BCUT2D eigenvalue weighted by Gasteiger charge is -2.29. The van der Waals surface area contributed by atoms with Gasteiger partial charge in [0.25, 0.3) is 0 Å². The summed E-state index contributed by atoms with van der Waals surface area (Å²) in [6.45, 7) is 9.34. The lowest BCUT2D eigenvalue weighted by Crippen LogP contribution is -2.39. The van der Waals surface area contributed by atoms with Crippen LogP contribution >= 0.6 is 23.1 Å². The highest BCUT2D eigenvalue weighted by Crippen LogP contribution is 2.43. The number of fused-ring (bicyclic) bond motifs is 1. The van der Waals surface area contributed by atoms with Crippen LogP contribution in [-0.2, 0) is 4.74 Å². The van der Waals surface area contributed by atoms with Crippen molar-refractivity contribution in [2.24, 2.45) is 0 Å². The van der Waals surface area contributed by atoms with Crippen molar-refractivity contribution in [1.82, 2.24) is 10.2 Å². The first-order chi connectivity index (χ1) is 10.3. The maximum absolute atomic E-state index is 11.9. The molecule has 0 aromatic carbocycles. The highest BCUT2D eigenvalue weighted by molar-refractivity contribution is 8.01. The fraction of sp³-hybridized carbons (Fsp3) is 0.688. The number of hydrogen-bond donors (Lipinski definition) is 1. The minimum atomic E-state index is -0.444. The van der Waals surface area contributed by atoms with Crippen LogP contribution in [-0.4, -0.2) is 42.0 Å². The first-order valence-corrected chi connectivity index (χ1v) is 9.44. The van der Waals surface area contributed by atoms with E-state index >= 15 is 0 Å². The molecular formula is C16H26N2O2S2. The molecule has 0 aliphatic carbocycles. The molecule has 0 saturated carbocycles. The number of carbonyl (C=O) groups excluding carboxylic acids is 1. The van der Waals surface area contributed by atoms with Gasteiger partial charge in [0, 0.05) is 31.4 Å². The van der Waals surface area contributed by atoms with E-state index in [0.717, 1.165) is 13.0 Å². The molecule has 2 rings (SSSR count). The molecule has 1 N–H and O–H groups in total. The largest absolute Gasteiger partial charge is 0.444 e. The van der Waals surface area contributed by atoms with Crippen molar-refractivity contribution >= 4 is 29.2 Å². The quantitative estimate of drug-likeness (QED) is 0.893. The molecule has 1 aliphatic rings. The Labute approximate surface area is 141 Å². The van der Waals surface area contributed by atoms with Gasteiger partial charge in [-0.25, -0.2) is 4.79 Å².